The number of rotatable bonds is 8. The van der Waals surface area contributed by atoms with Crippen molar-refractivity contribution in [2.45, 2.75) is 49.9 Å². The molecule has 8 heteroatoms. The number of hydrogen-bond acceptors (Lipinski definition) is 6. The number of esters is 1. The third kappa shape index (κ3) is 5.24. The lowest BCUT2D eigenvalue weighted by atomic mass is 9.73. The van der Waals surface area contributed by atoms with E-state index >= 15 is 0 Å². The van der Waals surface area contributed by atoms with Gasteiger partial charge in [0.1, 0.15) is 6.61 Å². The first-order valence-electron chi connectivity index (χ1n) is 11.0. The summed E-state index contributed by atoms with van der Waals surface area (Å²) in [5.41, 5.74) is 1.79. The molecule has 7 nitrogen and oxygen atoms in total. The van der Waals surface area contributed by atoms with Crippen LogP contribution in [0, 0.1) is 10.1 Å². The van der Waals surface area contributed by atoms with Crippen LogP contribution in [0.1, 0.15) is 42.1 Å². The lowest BCUT2D eigenvalue weighted by Crippen LogP contribution is -2.57. The topological polar surface area (TPSA) is 98.9 Å². The monoisotopic (exact) mass is 469 g/mol. The Labute approximate surface area is 195 Å². The minimum absolute atomic E-state index is 0.0714. The molecule has 176 valence electrons. The first-order valence-corrected chi connectivity index (χ1v) is 13.9. The molecule has 2 aromatic carbocycles. The van der Waals surface area contributed by atoms with Gasteiger partial charge in [-0.1, -0.05) is 42.5 Å². The molecule has 3 rings (SSSR count). The Bertz CT molecular complexity index is 1020. The second kappa shape index (κ2) is 9.58. The van der Waals surface area contributed by atoms with Crippen LogP contribution in [0.3, 0.4) is 0 Å². The maximum Gasteiger partial charge on any atom is 0.338 e. The van der Waals surface area contributed by atoms with Gasteiger partial charge in [0.2, 0.25) is 0 Å². The van der Waals surface area contributed by atoms with Crippen LogP contribution in [0.4, 0.5) is 5.69 Å². The standard InChI is InChI=1S/C25H31NO6Si/c1-19-18-24(2,14-15-25(19,33(3,4)30)21-8-6-5-7-9-21)32-17-16-31-23(27)20-10-12-22(13-11-20)26(28)29/h5-13,30H,1,14-18H2,2-4H3/t24-,25+/m0/s1. The predicted molar refractivity (Wildman–Crippen MR) is 129 cm³/mol. The Morgan fingerprint density at radius 3 is 2.30 bits per heavy atom. The van der Waals surface area contributed by atoms with Crippen molar-refractivity contribution < 1.29 is 24.0 Å². The molecule has 0 saturated heterocycles. The van der Waals surface area contributed by atoms with Crippen molar-refractivity contribution in [3.8, 4) is 0 Å². The summed E-state index contributed by atoms with van der Waals surface area (Å²) in [7, 11) is -2.64. The first kappa shape index (κ1) is 24.8. The molecule has 1 fully saturated rings. The van der Waals surface area contributed by atoms with Crippen molar-refractivity contribution in [2.24, 2.45) is 0 Å². The van der Waals surface area contributed by atoms with Crippen LogP contribution in [0.5, 0.6) is 0 Å². The average molecular weight is 470 g/mol. The fourth-order valence-corrected chi connectivity index (χ4v) is 7.39. The van der Waals surface area contributed by atoms with Gasteiger partial charge in [-0.2, -0.15) is 0 Å². The molecule has 0 aliphatic heterocycles. The zero-order valence-electron chi connectivity index (χ0n) is 19.4. The van der Waals surface area contributed by atoms with Crippen molar-refractivity contribution >= 4 is 20.0 Å². The molecule has 2 atom stereocenters. The summed E-state index contributed by atoms with van der Waals surface area (Å²) >= 11 is 0. The molecule has 1 N–H and O–H groups in total. The zero-order chi connectivity index (χ0) is 24.3. The maximum atomic E-state index is 12.2. The molecule has 0 amide bonds. The molecule has 0 spiro atoms. The lowest BCUT2D eigenvalue weighted by molar-refractivity contribution is -0.384. The van der Waals surface area contributed by atoms with E-state index in [4.69, 9.17) is 9.47 Å². The molecule has 2 aromatic rings. The summed E-state index contributed by atoms with van der Waals surface area (Å²) < 4.78 is 11.4. The van der Waals surface area contributed by atoms with E-state index in [1.54, 1.807) is 0 Å². The van der Waals surface area contributed by atoms with Crippen LogP contribution in [0.25, 0.3) is 0 Å². The largest absolute Gasteiger partial charge is 0.460 e. The first-order chi connectivity index (χ1) is 15.5. The summed E-state index contributed by atoms with van der Waals surface area (Å²) in [6.45, 7) is 10.6. The molecule has 0 aromatic heterocycles. The summed E-state index contributed by atoms with van der Waals surface area (Å²) in [5, 5.41) is 10.3. The molecule has 0 heterocycles. The van der Waals surface area contributed by atoms with E-state index in [0.717, 1.165) is 24.0 Å². The van der Waals surface area contributed by atoms with Gasteiger partial charge in [-0.15, -0.1) is 0 Å². The Morgan fingerprint density at radius 1 is 1.12 bits per heavy atom. The fraction of sp³-hybridized carbons (Fsp3) is 0.400. The van der Waals surface area contributed by atoms with Crippen LogP contribution < -0.4 is 0 Å². The van der Waals surface area contributed by atoms with Gasteiger partial charge in [0.05, 0.1) is 22.7 Å². The molecular formula is C25H31NO6Si. The number of nitro benzene ring substituents is 1. The molecule has 0 unspecified atom stereocenters. The second-order valence-corrected chi connectivity index (χ2v) is 13.3. The number of benzene rings is 2. The van der Waals surface area contributed by atoms with Gasteiger partial charge in [-0.3, -0.25) is 10.1 Å². The van der Waals surface area contributed by atoms with Crippen LogP contribution in [0.2, 0.25) is 13.1 Å². The highest BCUT2D eigenvalue weighted by Crippen LogP contribution is 2.51. The van der Waals surface area contributed by atoms with Crippen molar-refractivity contribution in [2.75, 3.05) is 13.2 Å². The van der Waals surface area contributed by atoms with E-state index in [1.807, 2.05) is 38.2 Å². The number of carbonyl (C=O) groups is 1. The third-order valence-electron chi connectivity index (χ3n) is 6.61. The van der Waals surface area contributed by atoms with Gasteiger partial charge in [-0.25, -0.2) is 4.79 Å². The molecular weight excluding hydrogens is 438 g/mol. The molecule has 1 aliphatic rings. The van der Waals surface area contributed by atoms with E-state index in [2.05, 4.69) is 18.7 Å². The predicted octanol–water partition coefficient (Wildman–Crippen LogP) is 4.94. The van der Waals surface area contributed by atoms with Gasteiger partial charge in [0.25, 0.3) is 5.69 Å². The SMILES string of the molecule is C=C1C[C@@](C)(OCCOC(=O)c2ccc([N+](=O)[O-])cc2)CC[C@@]1(c1ccccc1)[Si](C)(C)O. The molecule has 0 radical (unpaired) electrons. The quantitative estimate of drug-likeness (QED) is 0.147. The summed E-state index contributed by atoms with van der Waals surface area (Å²) in [4.78, 5) is 33.6. The lowest BCUT2D eigenvalue weighted by Gasteiger charge is -2.51. The van der Waals surface area contributed by atoms with Gasteiger partial charge in [0, 0.05) is 17.2 Å². The van der Waals surface area contributed by atoms with Crippen LogP contribution in [-0.4, -0.2) is 42.8 Å². The minimum atomic E-state index is -2.64. The summed E-state index contributed by atoms with van der Waals surface area (Å²) in [6.07, 6.45) is 2.09. The number of carbonyl (C=O) groups excluding carboxylic acids is 1. The number of nitro groups is 1. The van der Waals surface area contributed by atoms with Gasteiger partial charge in [-0.05, 0) is 57.0 Å². The molecule has 1 aliphatic carbocycles. The Kier molecular flexibility index (Phi) is 7.21. The van der Waals surface area contributed by atoms with E-state index in [0.29, 0.717) is 6.42 Å². The average Bonchev–Trinajstić information content (AvgIpc) is 2.76. The maximum absolute atomic E-state index is 12.2. The third-order valence-corrected chi connectivity index (χ3v) is 9.59. The molecule has 1 saturated carbocycles. The van der Waals surface area contributed by atoms with Gasteiger partial charge < -0.3 is 14.3 Å². The number of non-ortho nitro benzene ring substituents is 1. The van der Waals surface area contributed by atoms with Crippen LogP contribution in [0.15, 0.2) is 66.7 Å². The number of ether oxygens (including phenoxy) is 2. The second-order valence-electron chi connectivity index (χ2n) is 9.35. The Balaban J connectivity index is 1.58. The Hall–Kier alpha value is -2.81. The summed E-state index contributed by atoms with van der Waals surface area (Å²) in [5.74, 6) is -0.553. The van der Waals surface area contributed by atoms with Crippen molar-refractivity contribution in [3.63, 3.8) is 0 Å². The van der Waals surface area contributed by atoms with E-state index in [9.17, 15) is 19.7 Å². The number of nitrogens with zero attached hydrogens (tertiary/aromatic N) is 1. The van der Waals surface area contributed by atoms with Crippen molar-refractivity contribution in [1.82, 2.24) is 0 Å². The summed E-state index contributed by atoms with van der Waals surface area (Å²) in [6, 6.07) is 15.4. The minimum Gasteiger partial charge on any atom is -0.460 e. The smallest absolute Gasteiger partial charge is 0.338 e. The van der Waals surface area contributed by atoms with E-state index in [-0.39, 0.29) is 24.5 Å². The Morgan fingerprint density at radius 2 is 1.76 bits per heavy atom. The molecule has 0 bridgehead atoms. The van der Waals surface area contributed by atoms with Crippen LogP contribution in [-0.2, 0) is 14.5 Å². The van der Waals surface area contributed by atoms with Crippen molar-refractivity contribution in [3.05, 3.63) is 88.0 Å². The fourth-order valence-electron chi connectivity index (χ4n) is 4.83. The normalized spacial score (nSPS) is 23.2. The van der Waals surface area contributed by atoms with Crippen molar-refractivity contribution in [1.29, 1.82) is 0 Å². The zero-order valence-corrected chi connectivity index (χ0v) is 20.4. The van der Waals surface area contributed by atoms with Gasteiger partial charge >= 0.3 is 5.97 Å². The van der Waals surface area contributed by atoms with E-state index < -0.39 is 29.8 Å². The van der Waals surface area contributed by atoms with Gasteiger partial charge in [0.15, 0.2) is 8.32 Å². The molecule has 33 heavy (non-hydrogen) atoms. The van der Waals surface area contributed by atoms with Crippen LogP contribution >= 0.6 is 0 Å². The highest BCUT2D eigenvalue weighted by molar-refractivity contribution is 6.73. The van der Waals surface area contributed by atoms with E-state index in [1.165, 1.54) is 24.3 Å². The highest BCUT2D eigenvalue weighted by atomic mass is 28.4. The highest BCUT2D eigenvalue weighted by Gasteiger charge is 2.54. The number of hydrogen-bond donors (Lipinski definition) is 1.